The Labute approximate surface area is 89.9 Å². The highest BCUT2D eigenvalue weighted by Crippen LogP contribution is 2.28. The maximum Gasteiger partial charge on any atom is 0.307 e. The summed E-state index contributed by atoms with van der Waals surface area (Å²) in [4.78, 5) is 11.4. The third-order valence-corrected chi connectivity index (χ3v) is 3.62. The van der Waals surface area contributed by atoms with E-state index in [-0.39, 0.29) is 6.42 Å². The molecule has 0 fully saturated rings. The van der Waals surface area contributed by atoms with Gasteiger partial charge in [-0.15, -0.1) is 0 Å². The SMILES string of the molecule is O=C(O)CC1=CCS(=O)c2ccccc21. The van der Waals surface area contributed by atoms with Crippen LogP contribution in [-0.2, 0) is 15.6 Å². The third kappa shape index (κ3) is 1.99. The fourth-order valence-corrected chi connectivity index (χ4v) is 2.84. The molecule has 3 nitrogen and oxygen atoms in total. The first-order valence-electron chi connectivity index (χ1n) is 4.57. The molecule has 0 spiro atoms. The summed E-state index contributed by atoms with van der Waals surface area (Å²) in [5.74, 6) is -0.441. The number of hydrogen-bond donors (Lipinski definition) is 1. The molecule has 1 aromatic carbocycles. The molecule has 0 saturated carbocycles. The Morgan fingerprint density at radius 3 is 2.87 bits per heavy atom. The number of benzene rings is 1. The van der Waals surface area contributed by atoms with Crippen molar-refractivity contribution in [1.82, 2.24) is 0 Å². The smallest absolute Gasteiger partial charge is 0.307 e. The van der Waals surface area contributed by atoms with E-state index in [0.717, 1.165) is 16.0 Å². The van der Waals surface area contributed by atoms with Crippen molar-refractivity contribution in [2.45, 2.75) is 11.3 Å². The van der Waals surface area contributed by atoms with Crippen LogP contribution in [0.3, 0.4) is 0 Å². The van der Waals surface area contributed by atoms with Gasteiger partial charge in [0, 0.05) is 10.6 Å². The Kier molecular flexibility index (Phi) is 2.68. The van der Waals surface area contributed by atoms with E-state index < -0.39 is 16.8 Å². The standard InChI is InChI=1S/C11H10O3S/c12-11(13)7-8-5-6-15(14)10-4-2-1-3-9(8)10/h1-5H,6-7H2,(H,12,13). The van der Waals surface area contributed by atoms with Gasteiger partial charge in [-0.05, 0) is 17.2 Å². The highest BCUT2D eigenvalue weighted by molar-refractivity contribution is 7.85. The van der Waals surface area contributed by atoms with Crippen LogP contribution in [0, 0.1) is 0 Å². The molecule has 1 unspecified atom stereocenters. The van der Waals surface area contributed by atoms with Gasteiger partial charge >= 0.3 is 5.97 Å². The topological polar surface area (TPSA) is 54.4 Å². The lowest BCUT2D eigenvalue weighted by Gasteiger charge is -2.15. The summed E-state index contributed by atoms with van der Waals surface area (Å²) in [6, 6.07) is 7.26. The lowest BCUT2D eigenvalue weighted by Crippen LogP contribution is -2.08. The zero-order valence-electron chi connectivity index (χ0n) is 7.97. The van der Waals surface area contributed by atoms with Gasteiger partial charge < -0.3 is 5.11 Å². The number of carbonyl (C=O) groups is 1. The maximum atomic E-state index is 11.6. The van der Waals surface area contributed by atoms with Gasteiger partial charge in [-0.25, -0.2) is 0 Å². The molecule has 1 heterocycles. The summed E-state index contributed by atoms with van der Waals surface area (Å²) < 4.78 is 11.6. The summed E-state index contributed by atoms with van der Waals surface area (Å²) >= 11 is 0. The molecule has 1 aliphatic heterocycles. The van der Waals surface area contributed by atoms with E-state index in [1.165, 1.54) is 0 Å². The van der Waals surface area contributed by atoms with Crippen molar-refractivity contribution in [1.29, 1.82) is 0 Å². The average molecular weight is 222 g/mol. The van der Waals surface area contributed by atoms with Gasteiger partial charge in [-0.3, -0.25) is 9.00 Å². The van der Waals surface area contributed by atoms with Gasteiger partial charge in [0.2, 0.25) is 0 Å². The molecule has 0 aromatic heterocycles. The fraction of sp³-hybridized carbons (Fsp3) is 0.182. The largest absolute Gasteiger partial charge is 0.481 e. The second kappa shape index (κ2) is 3.98. The summed E-state index contributed by atoms with van der Waals surface area (Å²) in [5.41, 5.74) is 1.57. The van der Waals surface area contributed by atoms with Crippen LogP contribution in [0.2, 0.25) is 0 Å². The molecule has 1 aromatic rings. The van der Waals surface area contributed by atoms with Crippen LogP contribution in [0.1, 0.15) is 12.0 Å². The summed E-state index contributed by atoms with van der Waals surface area (Å²) in [6.07, 6.45) is 1.75. The van der Waals surface area contributed by atoms with Gasteiger partial charge in [-0.2, -0.15) is 0 Å². The van der Waals surface area contributed by atoms with E-state index in [1.807, 2.05) is 18.2 Å². The molecule has 1 atom stereocenters. The Morgan fingerprint density at radius 1 is 1.40 bits per heavy atom. The minimum absolute atomic E-state index is 0.00574. The van der Waals surface area contributed by atoms with Crippen molar-refractivity contribution in [3.8, 4) is 0 Å². The van der Waals surface area contributed by atoms with E-state index in [9.17, 15) is 9.00 Å². The Bertz CT molecular complexity index is 463. The van der Waals surface area contributed by atoms with Crippen molar-refractivity contribution in [2.75, 3.05) is 5.75 Å². The quantitative estimate of drug-likeness (QED) is 0.828. The molecule has 15 heavy (non-hydrogen) atoms. The predicted octanol–water partition coefficient (Wildman–Crippen LogP) is 1.67. The lowest BCUT2D eigenvalue weighted by atomic mass is 10.0. The fourth-order valence-electron chi connectivity index (χ4n) is 1.64. The van der Waals surface area contributed by atoms with Crippen molar-refractivity contribution >= 4 is 22.3 Å². The molecule has 0 amide bonds. The summed E-state index contributed by atoms with van der Waals surface area (Å²) in [6.45, 7) is 0. The monoisotopic (exact) mass is 222 g/mol. The van der Waals surface area contributed by atoms with Gasteiger partial charge in [0.1, 0.15) is 0 Å². The third-order valence-electron chi connectivity index (χ3n) is 2.30. The molecule has 78 valence electrons. The number of hydrogen-bond acceptors (Lipinski definition) is 2. The van der Waals surface area contributed by atoms with Crippen molar-refractivity contribution < 1.29 is 14.1 Å². The molecule has 1 N–H and O–H groups in total. The highest BCUT2D eigenvalue weighted by atomic mass is 32.2. The van der Waals surface area contributed by atoms with Gasteiger partial charge in [0.15, 0.2) is 0 Å². The first kappa shape index (κ1) is 10.1. The molecule has 2 rings (SSSR count). The van der Waals surface area contributed by atoms with E-state index in [4.69, 9.17) is 5.11 Å². The summed E-state index contributed by atoms with van der Waals surface area (Å²) in [7, 11) is -1.02. The zero-order valence-corrected chi connectivity index (χ0v) is 8.79. The predicted molar refractivity (Wildman–Crippen MR) is 57.9 cm³/mol. The molecule has 1 aliphatic rings. The van der Waals surface area contributed by atoms with E-state index >= 15 is 0 Å². The molecule has 0 radical (unpaired) electrons. The van der Waals surface area contributed by atoms with Crippen LogP contribution in [0.25, 0.3) is 5.57 Å². The van der Waals surface area contributed by atoms with Gasteiger partial charge in [-0.1, -0.05) is 24.3 Å². The van der Waals surface area contributed by atoms with Crippen LogP contribution in [-0.4, -0.2) is 21.0 Å². The van der Waals surface area contributed by atoms with Crippen molar-refractivity contribution in [3.63, 3.8) is 0 Å². The van der Waals surface area contributed by atoms with Gasteiger partial charge in [0.25, 0.3) is 0 Å². The maximum absolute atomic E-state index is 11.6. The second-order valence-electron chi connectivity index (χ2n) is 3.31. The zero-order chi connectivity index (χ0) is 10.8. The number of rotatable bonds is 2. The molecule has 0 bridgehead atoms. The van der Waals surface area contributed by atoms with E-state index in [2.05, 4.69) is 0 Å². The van der Waals surface area contributed by atoms with E-state index in [1.54, 1.807) is 12.1 Å². The Balaban J connectivity index is 2.44. The average Bonchev–Trinajstić information content (AvgIpc) is 2.22. The van der Waals surface area contributed by atoms with Crippen LogP contribution in [0.15, 0.2) is 35.2 Å². The van der Waals surface area contributed by atoms with E-state index in [0.29, 0.717) is 5.75 Å². The Morgan fingerprint density at radius 2 is 2.13 bits per heavy atom. The van der Waals surface area contributed by atoms with Gasteiger partial charge in [0.05, 0.1) is 17.2 Å². The minimum atomic E-state index is -1.02. The number of carboxylic acids is 1. The number of aliphatic carboxylic acids is 1. The lowest BCUT2D eigenvalue weighted by molar-refractivity contribution is -0.135. The minimum Gasteiger partial charge on any atom is -0.481 e. The first-order valence-corrected chi connectivity index (χ1v) is 5.89. The number of carboxylic acid groups (broad SMARTS) is 1. The molecule has 4 heteroatoms. The van der Waals surface area contributed by atoms with Crippen LogP contribution in [0.5, 0.6) is 0 Å². The molecule has 0 aliphatic carbocycles. The molecule has 0 saturated heterocycles. The van der Waals surface area contributed by atoms with Crippen LogP contribution < -0.4 is 0 Å². The van der Waals surface area contributed by atoms with Crippen molar-refractivity contribution in [3.05, 3.63) is 35.9 Å². The van der Waals surface area contributed by atoms with Crippen LogP contribution >= 0.6 is 0 Å². The second-order valence-corrected chi connectivity index (χ2v) is 4.77. The highest BCUT2D eigenvalue weighted by Gasteiger charge is 2.18. The van der Waals surface area contributed by atoms with Crippen LogP contribution in [0.4, 0.5) is 0 Å². The summed E-state index contributed by atoms with van der Waals surface area (Å²) in [5, 5.41) is 8.74. The number of fused-ring (bicyclic) bond motifs is 1. The molecular formula is C11H10O3S. The normalized spacial score (nSPS) is 19.2. The first-order chi connectivity index (χ1) is 7.18. The molecular weight excluding hydrogens is 212 g/mol. The van der Waals surface area contributed by atoms with Crippen molar-refractivity contribution in [2.24, 2.45) is 0 Å². The Hall–Kier alpha value is -1.42.